The lowest BCUT2D eigenvalue weighted by Gasteiger charge is -2.39. The van der Waals surface area contributed by atoms with Gasteiger partial charge in [0.25, 0.3) is 5.91 Å². The van der Waals surface area contributed by atoms with Crippen molar-refractivity contribution < 1.29 is 19.5 Å². The van der Waals surface area contributed by atoms with E-state index in [1.807, 2.05) is 20.8 Å². The monoisotopic (exact) mass is 380 g/mol. The van der Waals surface area contributed by atoms with Gasteiger partial charge in [0.15, 0.2) is 0 Å². The molecule has 2 atom stereocenters. The number of rotatable bonds is 4. The Kier molecular flexibility index (Phi) is 6.29. The first-order chi connectivity index (χ1) is 12.1. The lowest BCUT2D eigenvalue weighted by Crippen LogP contribution is -2.59. The van der Waals surface area contributed by atoms with Crippen LogP contribution in [-0.4, -0.2) is 46.4 Å². The van der Waals surface area contributed by atoms with E-state index in [4.69, 9.17) is 11.6 Å². The van der Waals surface area contributed by atoms with Crippen molar-refractivity contribution in [3.8, 4) is 0 Å². The molecule has 1 saturated heterocycles. The number of hydrogen-bond acceptors (Lipinski definition) is 3. The van der Waals surface area contributed by atoms with Gasteiger partial charge in [-0.1, -0.05) is 44.5 Å². The summed E-state index contributed by atoms with van der Waals surface area (Å²) in [6.07, 6.45) is 1.95. The average Bonchev–Trinajstić information content (AvgIpc) is 2.58. The number of benzene rings is 1. The van der Waals surface area contributed by atoms with Gasteiger partial charge in [-0.25, -0.2) is 4.79 Å². The molecule has 1 aromatic carbocycles. The highest BCUT2D eigenvalue weighted by atomic mass is 35.5. The zero-order chi connectivity index (χ0) is 19.5. The quantitative estimate of drug-likeness (QED) is 0.840. The lowest BCUT2D eigenvalue weighted by atomic mass is 9.84. The molecule has 0 spiro atoms. The fourth-order valence-electron chi connectivity index (χ4n) is 3.12. The molecule has 0 radical (unpaired) electrons. The normalized spacial score (nSPS) is 18.9. The second-order valence-electron chi connectivity index (χ2n) is 7.63. The maximum Gasteiger partial charge on any atom is 0.326 e. The van der Waals surface area contributed by atoms with E-state index < -0.39 is 29.4 Å². The van der Waals surface area contributed by atoms with E-state index in [2.05, 4.69) is 5.32 Å². The van der Waals surface area contributed by atoms with Crippen molar-refractivity contribution in [1.82, 2.24) is 10.2 Å². The number of amides is 2. The molecule has 6 nitrogen and oxygen atoms in total. The summed E-state index contributed by atoms with van der Waals surface area (Å²) in [6.45, 7) is 5.89. The van der Waals surface area contributed by atoms with Crippen molar-refractivity contribution in [3.63, 3.8) is 0 Å². The number of nitrogens with zero attached hydrogens (tertiary/aromatic N) is 1. The molecule has 26 heavy (non-hydrogen) atoms. The molecule has 1 aromatic rings. The van der Waals surface area contributed by atoms with E-state index >= 15 is 0 Å². The Balaban J connectivity index is 2.27. The third kappa shape index (κ3) is 4.55. The summed E-state index contributed by atoms with van der Waals surface area (Å²) in [5.41, 5.74) is -0.307. The van der Waals surface area contributed by atoms with E-state index in [1.165, 1.54) is 4.90 Å². The molecule has 0 aliphatic carbocycles. The van der Waals surface area contributed by atoms with Gasteiger partial charge in [0, 0.05) is 6.54 Å². The summed E-state index contributed by atoms with van der Waals surface area (Å²) in [5, 5.41) is 12.5. The molecule has 1 aliphatic heterocycles. The Morgan fingerprint density at radius 1 is 1.23 bits per heavy atom. The molecule has 1 heterocycles. The van der Waals surface area contributed by atoms with Crippen molar-refractivity contribution in [2.75, 3.05) is 6.54 Å². The van der Waals surface area contributed by atoms with E-state index in [-0.39, 0.29) is 11.5 Å². The van der Waals surface area contributed by atoms with E-state index in [9.17, 15) is 19.5 Å². The third-order valence-corrected chi connectivity index (χ3v) is 4.91. The number of carboxylic acids is 1. The Hall–Kier alpha value is -2.08. The molecule has 1 fully saturated rings. The predicted octanol–water partition coefficient (Wildman–Crippen LogP) is 2.95. The first-order valence-corrected chi connectivity index (χ1v) is 9.09. The number of hydrogen-bond donors (Lipinski definition) is 2. The van der Waals surface area contributed by atoms with Gasteiger partial charge in [-0.05, 0) is 36.8 Å². The van der Waals surface area contributed by atoms with Gasteiger partial charge in [-0.15, -0.1) is 0 Å². The Morgan fingerprint density at radius 3 is 2.46 bits per heavy atom. The van der Waals surface area contributed by atoms with Gasteiger partial charge in [0.2, 0.25) is 5.91 Å². The second-order valence-corrected chi connectivity index (χ2v) is 8.04. The first kappa shape index (κ1) is 20.2. The van der Waals surface area contributed by atoms with Gasteiger partial charge in [0.1, 0.15) is 12.1 Å². The highest BCUT2D eigenvalue weighted by molar-refractivity contribution is 6.33. The Labute approximate surface area is 158 Å². The smallest absolute Gasteiger partial charge is 0.326 e. The van der Waals surface area contributed by atoms with Crippen LogP contribution in [0.25, 0.3) is 0 Å². The zero-order valence-electron chi connectivity index (χ0n) is 15.3. The van der Waals surface area contributed by atoms with Crippen molar-refractivity contribution in [2.45, 2.75) is 52.1 Å². The highest BCUT2D eigenvalue weighted by Crippen LogP contribution is 2.26. The minimum absolute atomic E-state index is 0.282. The van der Waals surface area contributed by atoms with Crippen LogP contribution in [0.2, 0.25) is 5.02 Å². The van der Waals surface area contributed by atoms with Crippen molar-refractivity contribution in [2.24, 2.45) is 5.41 Å². The van der Waals surface area contributed by atoms with Crippen molar-refractivity contribution in [3.05, 3.63) is 34.9 Å². The van der Waals surface area contributed by atoms with Crippen molar-refractivity contribution >= 4 is 29.4 Å². The highest BCUT2D eigenvalue weighted by Gasteiger charge is 2.40. The van der Waals surface area contributed by atoms with Crippen LogP contribution in [0.1, 0.15) is 50.4 Å². The summed E-state index contributed by atoms with van der Waals surface area (Å²) in [5.74, 6) is -1.83. The topological polar surface area (TPSA) is 86.7 Å². The summed E-state index contributed by atoms with van der Waals surface area (Å²) in [4.78, 5) is 38.7. The summed E-state index contributed by atoms with van der Waals surface area (Å²) < 4.78 is 0. The summed E-state index contributed by atoms with van der Waals surface area (Å²) in [6, 6.07) is 4.90. The summed E-state index contributed by atoms with van der Waals surface area (Å²) in [7, 11) is 0. The van der Waals surface area contributed by atoms with Crippen LogP contribution in [0.4, 0.5) is 0 Å². The predicted molar refractivity (Wildman–Crippen MR) is 99.1 cm³/mol. The summed E-state index contributed by atoms with van der Waals surface area (Å²) >= 11 is 6.08. The zero-order valence-corrected chi connectivity index (χ0v) is 16.0. The molecule has 0 unspecified atom stereocenters. The molecule has 142 valence electrons. The molecule has 7 heteroatoms. The molecule has 2 rings (SSSR count). The fourth-order valence-corrected chi connectivity index (χ4v) is 3.34. The molecule has 2 amide bonds. The number of likely N-dealkylation sites (tertiary alicyclic amines) is 1. The van der Waals surface area contributed by atoms with Crippen LogP contribution in [0.5, 0.6) is 0 Å². The van der Waals surface area contributed by atoms with Gasteiger partial charge in [-0.2, -0.15) is 0 Å². The van der Waals surface area contributed by atoms with E-state index in [0.29, 0.717) is 18.0 Å². The maximum absolute atomic E-state index is 13.1. The SMILES string of the molecule is CC(C)(C)[C@H](NC(=O)c1ccccc1Cl)C(=O)N1CCCC[C@H]1C(=O)O. The number of aliphatic carboxylic acids is 1. The van der Waals surface area contributed by atoms with E-state index in [0.717, 1.165) is 12.8 Å². The van der Waals surface area contributed by atoms with E-state index in [1.54, 1.807) is 24.3 Å². The standard InChI is InChI=1S/C19H25ClN2O4/c1-19(2,3)15(21-16(23)12-8-4-5-9-13(12)20)17(24)22-11-7-6-10-14(22)18(25)26/h4-5,8-9,14-15H,6-7,10-11H2,1-3H3,(H,21,23)(H,25,26)/t14-,15+/m0/s1. The average molecular weight is 381 g/mol. The van der Waals surface area contributed by atoms with Gasteiger partial charge in [0.05, 0.1) is 10.6 Å². The van der Waals surface area contributed by atoms with Gasteiger partial charge < -0.3 is 15.3 Å². The third-order valence-electron chi connectivity index (χ3n) is 4.58. The minimum atomic E-state index is -1.01. The molecular weight excluding hydrogens is 356 g/mol. The lowest BCUT2D eigenvalue weighted by molar-refractivity contribution is -0.154. The van der Waals surface area contributed by atoms with Gasteiger partial charge in [-0.3, -0.25) is 9.59 Å². The second kappa shape index (κ2) is 8.08. The maximum atomic E-state index is 13.1. The van der Waals surface area contributed by atoms with Crippen LogP contribution in [0.15, 0.2) is 24.3 Å². The Bertz CT molecular complexity index is 699. The Morgan fingerprint density at radius 2 is 1.88 bits per heavy atom. The minimum Gasteiger partial charge on any atom is -0.480 e. The molecule has 1 aliphatic rings. The number of carbonyl (C=O) groups is 3. The van der Waals surface area contributed by atoms with Crippen LogP contribution < -0.4 is 5.32 Å². The number of carbonyl (C=O) groups excluding carboxylic acids is 2. The largest absolute Gasteiger partial charge is 0.480 e. The molecular formula is C19H25ClN2O4. The van der Waals surface area contributed by atoms with Crippen molar-refractivity contribution in [1.29, 1.82) is 0 Å². The fraction of sp³-hybridized carbons (Fsp3) is 0.526. The number of piperidine rings is 1. The van der Waals surface area contributed by atoms with Crippen LogP contribution in [-0.2, 0) is 9.59 Å². The van der Waals surface area contributed by atoms with Gasteiger partial charge >= 0.3 is 5.97 Å². The molecule has 2 N–H and O–H groups in total. The number of carboxylic acid groups (broad SMARTS) is 1. The van der Waals surface area contributed by atoms with Crippen LogP contribution >= 0.6 is 11.6 Å². The van der Waals surface area contributed by atoms with Crippen LogP contribution in [0, 0.1) is 5.41 Å². The molecule has 0 saturated carbocycles. The number of halogens is 1. The molecule has 0 aromatic heterocycles. The molecule has 0 bridgehead atoms. The van der Waals surface area contributed by atoms with Crippen LogP contribution in [0.3, 0.4) is 0 Å². The first-order valence-electron chi connectivity index (χ1n) is 8.71. The number of nitrogens with one attached hydrogen (secondary N) is 1.